The summed E-state index contributed by atoms with van der Waals surface area (Å²) in [5, 5.41) is 0.727. The first-order chi connectivity index (χ1) is 9.76. The molecule has 2 aromatic rings. The molecule has 0 spiro atoms. The van der Waals surface area contributed by atoms with Crippen molar-refractivity contribution in [2.24, 2.45) is 0 Å². The van der Waals surface area contributed by atoms with Crippen molar-refractivity contribution in [3.05, 3.63) is 58.1 Å². The van der Waals surface area contributed by atoms with E-state index in [-0.39, 0.29) is 0 Å². The highest BCUT2D eigenvalue weighted by Gasteiger charge is 2.17. The maximum absolute atomic E-state index is 6.12. The van der Waals surface area contributed by atoms with Crippen molar-refractivity contribution in [2.45, 2.75) is 18.9 Å². The summed E-state index contributed by atoms with van der Waals surface area (Å²) in [5.41, 5.74) is 3.23. The minimum absolute atomic E-state index is 0.448. The number of rotatable bonds is 4. The summed E-state index contributed by atoms with van der Waals surface area (Å²) < 4.78 is 11.4. The van der Waals surface area contributed by atoms with Crippen molar-refractivity contribution in [1.82, 2.24) is 0 Å². The Morgan fingerprint density at radius 2 is 1.95 bits per heavy atom. The molecule has 3 rings (SSSR count). The van der Waals surface area contributed by atoms with Crippen LogP contribution in [0.3, 0.4) is 0 Å². The molecule has 0 fully saturated rings. The number of benzene rings is 2. The fourth-order valence-corrected chi connectivity index (χ4v) is 2.73. The molecule has 2 aromatic carbocycles. The van der Waals surface area contributed by atoms with E-state index in [1.54, 1.807) is 0 Å². The van der Waals surface area contributed by atoms with Crippen LogP contribution in [0.5, 0.6) is 11.5 Å². The minimum atomic E-state index is 0.448. The number of alkyl halides is 1. The SMILES string of the molecule is ClCc1ccc(OCc2cc(Cl)cc3c2OCC3)cc1. The van der Waals surface area contributed by atoms with E-state index in [0.29, 0.717) is 19.1 Å². The number of hydrogen-bond donors (Lipinski definition) is 0. The van der Waals surface area contributed by atoms with Gasteiger partial charge in [0.1, 0.15) is 18.1 Å². The zero-order valence-electron chi connectivity index (χ0n) is 10.9. The van der Waals surface area contributed by atoms with Crippen LogP contribution in [0.25, 0.3) is 0 Å². The van der Waals surface area contributed by atoms with Crippen molar-refractivity contribution < 1.29 is 9.47 Å². The Morgan fingerprint density at radius 1 is 1.15 bits per heavy atom. The predicted octanol–water partition coefficient (Wildman–Crippen LogP) is 4.59. The fourth-order valence-electron chi connectivity index (χ4n) is 2.29. The molecule has 0 N–H and O–H groups in total. The normalized spacial score (nSPS) is 12.9. The van der Waals surface area contributed by atoms with Gasteiger partial charge >= 0.3 is 0 Å². The molecule has 1 heterocycles. The van der Waals surface area contributed by atoms with E-state index in [1.165, 1.54) is 0 Å². The molecule has 0 aromatic heterocycles. The van der Waals surface area contributed by atoms with E-state index < -0.39 is 0 Å². The number of ether oxygens (including phenoxy) is 2. The van der Waals surface area contributed by atoms with Gasteiger partial charge in [-0.2, -0.15) is 0 Å². The average Bonchev–Trinajstić information content (AvgIpc) is 2.93. The van der Waals surface area contributed by atoms with E-state index in [4.69, 9.17) is 32.7 Å². The van der Waals surface area contributed by atoms with Crippen LogP contribution in [0.1, 0.15) is 16.7 Å². The molecule has 0 bridgehead atoms. The van der Waals surface area contributed by atoms with Gasteiger partial charge in [0.2, 0.25) is 0 Å². The summed E-state index contributed by atoms with van der Waals surface area (Å²) in [6.45, 7) is 1.16. The lowest BCUT2D eigenvalue weighted by molar-refractivity contribution is 0.292. The van der Waals surface area contributed by atoms with Crippen LogP contribution >= 0.6 is 23.2 Å². The highest BCUT2D eigenvalue weighted by molar-refractivity contribution is 6.30. The molecule has 20 heavy (non-hydrogen) atoms. The van der Waals surface area contributed by atoms with Gasteiger partial charge in [-0.05, 0) is 35.4 Å². The third-order valence-electron chi connectivity index (χ3n) is 3.30. The van der Waals surface area contributed by atoms with Crippen LogP contribution in [-0.4, -0.2) is 6.61 Å². The molecule has 0 unspecified atom stereocenters. The third kappa shape index (κ3) is 2.87. The smallest absolute Gasteiger partial charge is 0.129 e. The lowest BCUT2D eigenvalue weighted by Crippen LogP contribution is -1.98. The van der Waals surface area contributed by atoms with E-state index in [9.17, 15) is 0 Å². The Bertz CT molecular complexity index is 609. The predicted molar refractivity (Wildman–Crippen MR) is 81.0 cm³/mol. The lowest BCUT2D eigenvalue weighted by Gasteiger charge is -2.11. The van der Waals surface area contributed by atoms with Crippen molar-refractivity contribution in [3.8, 4) is 11.5 Å². The minimum Gasteiger partial charge on any atom is -0.493 e. The second-order valence-corrected chi connectivity index (χ2v) is 5.42. The molecule has 2 nitrogen and oxygen atoms in total. The maximum atomic E-state index is 6.12. The van der Waals surface area contributed by atoms with Crippen molar-refractivity contribution in [3.63, 3.8) is 0 Å². The van der Waals surface area contributed by atoms with Gasteiger partial charge in [0.25, 0.3) is 0 Å². The van der Waals surface area contributed by atoms with E-state index >= 15 is 0 Å². The third-order valence-corrected chi connectivity index (χ3v) is 3.82. The van der Waals surface area contributed by atoms with Crippen molar-refractivity contribution in [2.75, 3.05) is 6.61 Å². The first-order valence-electron chi connectivity index (χ1n) is 6.48. The maximum Gasteiger partial charge on any atom is 0.129 e. The van der Waals surface area contributed by atoms with Crippen molar-refractivity contribution >= 4 is 23.2 Å². The molecule has 104 valence electrons. The quantitative estimate of drug-likeness (QED) is 0.769. The molecule has 0 saturated heterocycles. The van der Waals surface area contributed by atoms with Crippen LogP contribution in [0.2, 0.25) is 5.02 Å². The van der Waals surface area contributed by atoms with Crippen LogP contribution < -0.4 is 9.47 Å². The number of halogens is 2. The molecule has 4 heteroatoms. The van der Waals surface area contributed by atoms with Crippen LogP contribution in [-0.2, 0) is 18.9 Å². The van der Waals surface area contributed by atoms with Crippen molar-refractivity contribution in [1.29, 1.82) is 0 Å². The summed E-state index contributed by atoms with van der Waals surface area (Å²) in [6.07, 6.45) is 0.910. The lowest BCUT2D eigenvalue weighted by atomic mass is 10.1. The molecule has 1 aliphatic heterocycles. The fraction of sp³-hybridized carbons (Fsp3) is 0.250. The van der Waals surface area contributed by atoms with E-state index in [2.05, 4.69) is 0 Å². The molecule has 0 saturated carbocycles. The second-order valence-electron chi connectivity index (χ2n) is 4.72. The number of hydrogen-bond acceptors (Lipinski definition) is 2. The van der Waals surface area contributed by atoms with Gasteiger partial charge in [0.05, 0.1) is 6.61 Å². The molecular formula is C16H14Cl2O2. The second kappa shape index (κ2) is 5.94. The molecule has 0 aliphatic carbocycles. The Labute approximate surface area is 128 Å². The Morgan fingerprint density at radius 3 is 2.70 bits per heavy atom. The average molecular weight is 309 g/mol. The van der Waals surface area contributed by atoms with Gasteiger partial charge in [-0.15, -0.1) is 11.6 Å². The van der Waals surface area contributed by atoms with Crippen LogP contribution in [0.4, 0.5) is 0 Å². The van der Waals surface area contributed by atoms with Gasteiger partial charge < -0.3 is 9.47 Å². The van der Waals surface area contributed by atoms with Gasteiger partial charge in [-0.25, -0.2) is 0 Å². The molecule has 0 amide bonds. The van der Waals surface area contributed by atoms with Crippen LogP contribution in [0.15, 0.2) is 36.4 Å². The molecule has 1 aliphatic rings. The number of fused-ring (bicyclic) bond motifs is 1. The van der Waals surface area contributed by atoms with Gasteiger partial charge in [0.15, 0.2) is 0 Å². The van der Waals surface area contributed by atoms with E-state index in [1.807, 2.05) is 36.4 Å². The topological polar surface area (TPSA) is 18.5 Å². The summed E-state index contributed by atoms with van der Waals surface area (Å²) >= 11 is 11.9. The van der Waals surface area contributed by atoms with E-state index in [0.717, 1.165) is 39.6 Å². The highest BCUT2D eigenvalue weighted by Crippen LogP contribution is 2.33. The first-order valence-corrected chi connectivity index (χ1v) is 7.39. The van der Waals surface area contributed by atoms with Gasteiger partial charge in [-0.1, -0.05) is 23.7 Å². The molecule has 0 atom stereocenters. The summed E-state index contributed by atoms with van der Waals surface area (Å²) in [5.74, 6) is 2.24. The molecular weight excluding hydrogens is 295 g/mol. The summed E-state index contributed by atoms with van der Waals surface area (Å²) in [4.78, 5) is 0. The largest absolute Gasteiger partial charge is 0.493 e. The summed E-state index contributed by atoms with van der Waals surface area (Å²) in [6, 6.07) is 11.6. The van der Waals surface area contributed by atoms with Gasteiger partial charge in [0, 0.05) is 22.9 Å². The monoisotopic (exact) mass is 308 g/mol. The Kier molecular flexibility index (Phi) is 4.04. The first kappa shape index (κ1) is 13.6. The Balaban J connectivity index is 1.75. The highest BCUT2D eigenvalue weighted by atomic mass is 35.5. The Hall–Kier alpha value is -1.38. The zero-order chi connectivity index (χ0) is 13.9. The van der Waals surface area contributed by atoms with Crippen LogP contribution in [0, 0.1) is 0 Å². The van der Waals surface area contributed by atoms with Gasteiger partial charge in [-0.3, -0.25) is 0 Å². The zero-order valence-corrected chi connectivity index (χ0v) is 12.4. The standard InChI is InChI=1S/C16H14Cl2O2/c17-9-11-1-3-15(4-2-11)20-10-13-8-14(18)7-12-5-6-19-16(12)13/h1-4,7-8H,5-6,9-10H2. The molecule has 0 radical (unpaired) electrons. The summed E-state index contributed by atoms with van der Waals surface area (Å²) in [7, 11) is 0.